The van der Waals surface area contributed by atoms with E-state index in [1.807, 2.05) is 64.1 Å². The van der Waals surface area contributed by atoms with E-state index in [1.165, 1.54) is 0 Å². The minimum Gasteiger partial charge on any atom is -0.245 e. The van der Waals surface area contributed by atoms with E-state index in [9.17, 15) is 0 Å². The normalized spacial score (nSPS) is 10.0. The third-order valence-corrected chi connectivity index (χ3v) is 4.66. The molecule has 0 aliphatic rings. The molecule has 150 valence electrons. The van der Waals surface area contributed by atoms with Crippen LogP contribution in [0.25, 0.3) is 44.3 Å². The average Bonchev–Trinajstić information content (AvgIpc) is 2.87. The van der Waals surface area contributed by atoms with Crippen LogP contribution in [0.1, 0.15) is 27.7 Å². The molecule has 5 rings (SSSR count). The van der Waals surface area contributed by atoms with E-state index in [0.29, 0.717) is 0 Å². The Hall–Kier alpha value is -3.52. The van der Waals surface area contributed by atoms with Crippen molar-refractivity contribution in [3.63, 3.8) is 0 Å². The number of pyridine rings is 2. The fourth-order valence-corrected chi connectivity index (χ4v) is 3.31. The molecular weight excluding hydrogens is 364 g/mol. The topological polar surface area (TPSA) is 25.8 Å². The summed E-state index contributed by atoms with van der Waals surface area (Å²) in [5.74, 6) is 0. The fraction of sp³-hybridized carbons (Fsp3) is 0.143. The van der Waals surface area contributed by atoms with Gasteiger partial charge in [-0.1, -0.05) is 113 Å². The van der Waals surface area contributed by atoms with Crippen LogP contribution >= 0.6 is 0 Å². The van der Waals surface area contributed by atoms with Crippen molar-refractivity contribution in [3.8, 4) is 22.5 Å². The lowest BCUT2D eigenvalue weighted by Gasteiger charge is -2.08. The van der Waals surface area contributed by atoms with Gasteiger partial charge in [0.2, 0.25) is 0 Å². The van der Waals surface area contributed by atoms with Crippen molar-refractivity contribution in [1.82, 2.24) is 9.97 Å². The molecule has 30 heavy (non-hydrogen) atoms. The van der Waals surface area contributed by atoms with Crippen LogP contribution in [0, 0.1) is 0 Å². The largest absolute Gasteiger partial charge is 0.245 e. The van der Waals surface area contributed by atoms with Crippen molar-refractivity contribution in [2.75, 3.05) is 0 Å². The van der Waals surface area contributed by atoms with Gasteiger partial charge in [-0.25, -0.2) is 9.97 Å². The maximum Gasteiger partial charge on any atom is 0.0972 e. The SMILES string of the molecule is CC.CC.c1ccc(-c2ccc3ccc4ccc(-c5ccccc5)nc4c3n2)cc1. The molecule has 0 atom stereocenters. The zero-order chi connectivity index (χ0) is 21.3. The molecule has 3 aromatic carbocycles. The molecule has 0 N–H and O–H groups in total. The van der Waals surface area contributed by atoms with E-state index in [1.54, 1.807) is 0 Å². The van der Waals surface area contributed by atoms with Crippen LogP contribution < -0.4 is 0 Å². The standard InChI is InChI=1S/C24H16N2.2C2H6/c1-3-7-17(8-4-1)21-15-13-19-11-12-20-14-16-22(18-9-5-2-6-10-18)26-24(20)23(19)25-21;2*1-2/h1-16H;2*1-2H3. The van der Waals surface area contributed by atoms with Crippen LogP contribution in [0.3, 0.4) is 0 Å². The predicted molar refractivity (Wildman–Crippen MR) is 131 cm³/mol. The van der Waals surface area contributed by atoms with Crippen molar-refractivity contribution in [2.45, 2.75) is 27.7 Å². The van der Waals surface area contributed by atoms with Gasteiger partial charge < -0.3 is 0 Å². The second-order valence-electron chi connectivity index (χ2n) is 6.33. The molecule has 2 nitrogen and oxygen atoms in total. The maximum atomic E-state index is 4.95. The molecule has 5 aromatic rings. The molecule has 2 heterocycles. The van der Waals surface area contributed by atoms with Gasteiger partial charge >= 0.3 is 0 Å². The van der Waals surface area contributed by atoms with E-state index in [2.05, 4.69) is 60.7 Å². The van der Waals surface area contributed by atoms with Crippen molar-refractivity contribution in [2.24, 2.45) is 0 Å². The Labute approximate surface area is 179 Å². The number of hydrogen-bond acceptors (Lipinski definition) is 2. The first-order chi connectivity index (χ1) is 14.9. The molecule has 0 unspecified atom stereocenters. The molecule has 2 heteroatoms. The zero-order valence-electron chi connectivity index (χ0n) is 18.1. The molecular formula is C28H28N2. The monoisotopic (exact) mass is 392 g/mol. The number of rotatable bonds is 2. The minimum atomic E-state index is 0.946. The van der Waals surface area contributed by atoms with Crippen LogP contribution in [0.2, 0.25) is 0 Å². The maximum absolute atomic E-state index is 4.95. The number of benzene rings is 3. The van der Waals surface area contributed by atoms with Gasteiger partial charge in [0.05, 0.1) is 22.4 Å². The summed E-state index contributed by atoms with van der Waals surface area (Å²) in [6, 6.07) is 33.2. The van der Waals surface area contributed by atoms with E-state index >= 15 is 0 Å². The Morgan fingerprint density at radius 3 is 1.10 bits per heavy atom. The third-order valence-electron chi connectivity index (χ3n) is 4.66. The summed E-state index contributed by atoms with van der Waals surface area (Å²) in [4.78, 5) is 9.89. The Balaban J connectivity index is 0.000000606. The van der Waals surface area contributed by atoms with Crippen LogP contribution in [0.15, 0.2) is 97.1 Å². The number of aromatic nitrogens is 2. The Kier molecular flexibility index (Phi) is 7.29. The smallest absolute Gasteiger partial charge is 0.0972 e. The first-order valence-electron chi connectivity index (χ1n) is 10.7. The van der Waals surface area contributed by atoms with Gasteiger partial charge in [0.25, 0.3) is 0 Å². The lowest BCUT2D eigenvalue weighted by Crippen LogP contribution is -1.90. The highest BCUT2D eigenvalue weighted by Gasteiger charge is 2.08. The van der Waals surface area contributed by atoms with Gasteiger partial charge in [-0.3, -0.25) is 0 Å². The lowest BCUT2D eigenvalue weighted by molar-refractivity contribution is 1.36. The second-order valence-corrected chi connectivity index (χ2v) is 6.33. The summed E-state index contributed by atoms with van der Waals surface area (Å²) in [7, 11) is 0. The van der Waals surface area contributed by atoms with Crippen molar-refractivity contribution in [1.29, 1.82) is 0 Å². The number of fused-ring (bicyclic) bond motifs is 3. The van der Waals surface area contributed by atoms with E-state index in [-0.39, 0.29) is 0 Å². The minimum absolute atomic E-state index is 0.946. The van der Waals surface area contributed by atoms with Gasteiger partial charge in [-0.2, -0.15) is 0 Å². The quantitative estimate of drug-likeness (QED) is 0.283. The molecule has 0 saturated heterocycles. The van der Waals surface area contributed by atoms with E-state index in [4.69, 9.17) is 9.97 Å². The van der Waals surface area contributed by atoms with Crippen LogP contribution in [0.5, 0.6) is 0 Å². The van der Waals surface area contributed by atoms with Gasteiger partial charge in [0, 0.05) is 21.9 Å². The lowest BCUT2D eigenvalue weighted by atomic mass is 10.1. The average molecular weight is 393 g/mol. The summed E-state index contributed by atoms with van der Waals surface area (Å²) in [6.07, 6.45) is 0. The van der Waals surface area contributed by atoms with E-state index in [0.717, 1.165) is 44.3 Å². The molecule has 2 aromatic heterocycles. The molecule has 0 aliphatic heterocycles. The van der Waals surface area contributed by atoms with Gasteiger partial charge in [0.15, 0.2) is 0 Å². The molecule has 0 aliphatic carbocycles. The highest BCUT2D eigenvalue weighted by Crippen LogP contribution is 2.28. The summed E-state index contributed by atoms with van der Waals surface area (Å²) < 4.78 is 0. The van der Waals surface area contributed by atoms with Crippen LogP contribution in [0.4, 0.5) is 0 Å². The van der Waals surface area contributed by atoms with Crippen molar-refractivity contribution < 1.29 is 0 Å². The second kappa shape index (κ2) is 10.3. The number of hydrogen-bond donors (Lipinski definition) is 0. The van der Waals surface area contributed by atoms with Gasteiger partial charge in [0.1, 0.15) is 0 Å². The predicted octanol–water partition coefficient (Wildman–Crippen LogP) is 8.17. The Bertz CT molecular complexity index is 1110. The van der Waals surface area contributed by atoms with Gasteiger partial charge in [-0.05, 0) is 12.1 Å². The molecule has 0 bridgehead atoms. The fourth-order valence-electron chi connectivity index (χ4n) is 3.31. The Morgan fingerprint density at radius 1 is 0.400 bits per heavy atom. The third kappa shape index (κ3) is 4.38. The molecule has 0 fully saturated rings. The Morgan fingerprint density at radius 2 is 0.733 bits per heavy atom. The summed E-state index contributed by atoms with van der Waals surface area (Å²) in [5.41, 5.74) is 6.06. The van der Waals surface area contributed by atoms with Gasteiger partial charge in [-0.15, -0.1) is 0 Å². The van der Waals surface area contributed by atoms with Crippen molar-refractivity contribution in [3.05, 3.63) is 97.1 Å². The summed E-state index contributed by atoms with van der Waals surface area (Å²) >= 11 is 0. The molecule has 0 saturated carbocycles. The number of nitrogens with zero attached hydrogens (tertiary/aromatic N) is 2. The zero-order valence-corrected chi connectivity index (χ0v) is 18.1. The molecule has 0 spiro atoms. The highest BCUT2D eigenvalue weighted by molar-refractivity contribution is 6.04. The van der Waals surface area contributed by atoms with Crippen LogP contribution in [-0.4, -0.2) is 9.97 Å². The molecule has 0 amide bonds. The van der Waals surface area contributed by atoms with Crippen molar-refractivity contribution >= 4 is 21.8 Å². The summed E-state index contributed by atoms with van der Waals surface area (Å²) in [5, 5.41) is 2.21. The first kappa shape index (κ1) is 21.2. The molecule has 0 radical (unpaired) electrons. The summed E-state index contributed by atoms with van der Waals surface area (Å²) in [6.45, 7) is 8.00. The first-order valence-corrected chi connectivity index (χ1v) is 10.7. The van der Waals surface area contributed by atoms with E-state index < -0.39 is 0 Å². The van der Waals surface area contributed by atoms with Crippen LogP contribution in [-0.2, 0) is 0 Å². The highest BCUT2D eigenvalue weighted by atomic mass is 14.8.